The van der Waals surface area contributed by atoms with Crippen LogP contribution in [-0.2, 0) is 5.75 Å². The molecule has 0 aliphatic carbocycles. The molecular weight excluding hydrogens is 314 g/mol. The molecule has 1 heterocycles. The predicted molar refractivity (Wildman–Crippen MR) is 78.2 cm³/mol. The van der Waals surface area contributed by atoms with E-state index in [4.69, 9.17) is 5.26 Å². The van der Waals surface area contributed by atoms with Gasteiger partial charge in [0.05, 0.1) is 12.2 Å². The molecule has 5 nitrogen and oxygen atoms in total. The summed E-state index contributed by atoms with van der Waals surface area (Å²) in [6, 6.07) is 3.88. The Morgan fingerprint density at radius 2 is 2.50 bits per heavy atom. The molecular formula is C11H14BrN5S. The summed E-state index contributed by atoms with van der Waals surface area (Å²) in [5.41, 5.74) is 1.04. The largest absolute Gasteiger partial charge is 0.359 e. The van der Waals surface area contributed by atoms with Crippen molar-refractivity contribution in [1.82, 2.24) is 15.6 Å². The van der Waals surface area contributed by atoms with Crippen molar-refractivity contribution in [2.24, 2.45) is 4.99 Å². The normalized spacial score (nSPS) is 10.8. The van der Waals surface area contributed by atoms with E-state index in [0.717, 1.165) is 21.7 Å². The first-order chi connectivity index (χ1) is 8.77. The molecule has 0 aromatic carbocycles. The van der Waals surface area contributed by atoms with Crippen molar-refractivity contribution < 1.29 is 0 Å². The quantitative estimate of drug-likeness (QED) is 0.283. The minimum atomic E-state index is 0.497. The van der Waals surface area contributed by atoms with E-state index in [9.17, 15) is 0 Å². The van der Waals surface area contributed by atoms with Crippen molar-refractivity contribution in [3.05, 3.63) is 28.5 Å². The van der Waals surface area contributed by atoms with Crippen molar-refractivity contribution in [2.75, 3.05) is 19.3 Å². The highest BCUT2D eigenvalue weighted by molar-refractivity contribution is 9.10. The van der Waals surface area contributed by atoms with E-state index >= 15 is 0 Å². The first kappa shape index (κ1) is 14.8. The van der Waals surface area contributed by atoms with Crippen LogP contribution in [0.3, 0.4) is 0 Å². The van der Waals surface area contributed by atoms with Gasteiger partial charge in [0, 0.05) is 29.2 Å². The van der Waals surface area contributed by atoms with Gasteiger partial charge in [0.1, 0.15) is 0 Å². The van der Waals surface area contributed by atoms with Crippen LogP contribution in [0.25, 0.3) is 0 Å². The van der Waals surface area contributed by atoms with Gasteiger partial charge in [0.15, 0.2) is 6.19 Å². The molecule has 0 spiro atoms. The van der Waals surface area contributed by atoms with Crippen LogP contribution >= 0.6 is 27.7 Å². The smallest absolute Gasteiger partial charge is 0.204 e. The lowest BCUT2D eigenvalue weighted by molar-refractivity contribution is 1.01. The highest BCUT2D eigenvalue weighted by Crippen LogP contribution is 2.18. The molecule has 96 valence electrons. The Morgan fingerprint density at radius 1 is 1.67 bits per heavy atom. The van der Waals surface area contributed by atoms with Crippen LogP contribution in [-0.4, -0.2) is 30.3 Å². The summed E-state index contributed by atoms with van der Waals surface area (Å²) in [6.45, 7) is 0.653. The number of nitriles is 1. The second kappa shape index (κ2) is 8.78. The van der Waals surface area contributed by atoms with Gasteiger partial charge < -0.3 is 5.32 Å². The van der Waals surface area contributed by atoms with Gasteiger partial charge in [-0.15, -0.1) is 0 Å². The molecule has 0 fully saturated rings. The molecule has 1 aromatic rings. The van der Waals surface area contributed by atoms with Crippen molar-refractivity contribution in [1.29, 1.82) is 5.26 Å². The number of hydrogen-bond acceptors (Lipinski definition) is 4. The van der Waals surface area contributed by atoms with Gasteiger partial charge in [0.2, 0.25) is 5.96 Å². The summed E-state index contributed by atoms with van der Waals surface area (Å²) in [7, 11) is 1.72. The van der Waals surface area contributed by atoms with E-state index in [1.54, 1.807) is 25.0 Å². The summed E-state index contributed by atoms with van der Waals surface area (Å²) < 4.78 is 1.03. The number of hydrogen-bond donors (Lipinski definition) is 2. The first-order valence-corrected chi connectivity index (χ1v) is 7.27. The minimum absolute atomic E-state index is 0.497. The third kappa shape index (κ3) is 5.38. The monoisotopic (exact) mass is 327 g/mol. The van der Waals surface area contributed by atoms with E-state index < -0.39 is 0 Å². The Kier molecular flexibility index (Phi) is 7.22. The molecule has 0 saturated carbocycles. The van der Waals surface area contributed by atoms with E-state index in [-0.39, 0.29) is 0 Å². The number of pyridine rings is 1. The summed E-state index contributed by atoms with van der Waals surface area (Å²) in [5.74, 6) is 2.22. The van der Waals surface area contributed by atoms with E-state index in [1.807, 2.05) is 18.3 Å². The Morgan fingerprint density at radius 3 is 3.17 bits per heavy atom. The lowest BCUT2D eigenvalue weighted by atomic mass is 10.4. The second-order valence-corrected chi connectivity index (χ2v) is 5.16. The highest BCUT2D eigenvalue weighted by atomic mass is 79.9. The molecule has 2 N–H and O–H groups in total. The SMILES string of the molecule is CN/C(=N/CCSCc1ncccc1Br)NC#N. The fourth-order valence-electron chi connectivity index (χ4n) is 1.15. The molecule has 1 aromatic heterocycles. The maximum absolute atomic E-state index is 8.45. The van der Waals surface area contributed by atoms with Gasteiger partial charge in [-0.2, -0.15) is 17.0 Å². The van der Waals surface area contributed by atoms with Crippen molar-refractivity contribution in [3.8, 4) is 6.19 Å². The zero-order valence-corrected chi connectivity index (χ0v) is 12.4. The Balaban J connectivity index is 2.27. The lowest BCUT2D eigenvalue weighted by Gasteiger charge is -2.03. The third-order valence-electron chi connectivity index (χ3n) is 1.99. The number of nitrogens with one attached hydrogen (secondary N) is 2. The fourth-order valence-corrected chi connectivity index (χ4v) is 2.52. The van der Waals surface area contributed by atoms with Crippen molar-refractivity contribution in [3.63, 3.8) is 0 Å². The molecule has 7 heteroatoms. The molecule has 0 saturated heterocycles. The number of nitrogens with zero attached hydrogens (tertiary/aromatic N) is 3. The third-order valence-corrected chi connectivity index (χ3v) is 3.66. The van der Waals surface area contributed by atoms with Gasteiger partial charge in [-0.1, -0.05) is 0 Å². The van der Waals surface area contributed by atoms with Crippen molar-refractivity contribution in [2.45, 2.75) is 5.75 Å². The van der Waals surface area contributed by atoms with Gasteiger partial charge in [0.25, 0.3) is 0 Å². The molecule has 0 atom stereocenters. The van der Waals surface area contributed by atoms with E-state index in [2.05, 4.69) is 36.5 Å². The van der Waals surface area contributed by atoms with Crippen LogP contribution in [0.1, 0.15) is 5.69 Å². The topological polar surface area (TPSA) is 73.1 Å². The summed E-state index contributed by atoms with van der Waals surface area (Å²) in [4.78, 5) is 8.49. The minimum Gasteiger partial charge on any atom is -0.359 e. The first-order valence-electron chi connectivity index (χ1n) is 5.32. The zero-order chi connectivity index (χ0) is 13.2. The number of aromatic nitrogens is 1. The predicted octanol–water partition coefficient (Wildman–Crippen LogP) is 1.72. The lowest BCUT2D eigenvalue weighted by Crippen LogP contribution is -2.31. The number of halogens is 1. The zero-order valence-electron chi connectivity index (χ0n) is 9.98. The number of rotatable bonds is 5. The highest BCUT2D eigenvalue weighted by Gasteiger charge is 2.00. The average Bonchev–Trinajstić information content (AvgIpc) is 2.39. The molecule has 0 radical (unpaired) electrons. The molecule has 0 aliphatic rings. The Hall–Kier alpha value is -1.26. The van der Waals surface area contributed by atoms with Crippen LogP contribution in [0.15, 0.2) is 27.8 Å². The molecule has 0 amide bonds. The van der Waals surface area contributed by atoms with Crippen LogP contribution in [0, 0.1) is 11.5 Å². The van der Waals surface area contributed by atoms with Crippen LogP contribution in [0.2, 0.25) is 0 Å². The Labute approximate surface area is 119 Å². The molecule has 0 aliphatic heterocycles. The average molecular weight is 328 g/mol. The van der Waals surface area contributed by atoms with E-state index in [1.165, 1.54) is 0 Å². The maximum atomic E-state index is 8.45. The molecule has 1 rings (SSSR count). The molecule has 0 unspecified atom stereocenters. The van der Waals surface area contributed by atoms with Gasteiger partial charge in [-0.05, 0) is 28.1 Å². The standard InChI is InChI=1S/C11H14BrN5S/c1-14-11(17-8-13)16-5-6-18-7-10-9(12)3-2-4-15-10/h2-4H,5-7H2,1H3,(H2,14,16,17). The van der Waals surface area contributed by atoms with Crippen LogP contribution in [0.4, 0.5) is 0 Å². The number of thioether (sulfide) groups is 1. The number of guanidine groups is 1. The van der Waals surface area contributed by atoms with Crippen molar-refractivity contribution >= 4 is 33.7 Å². The second-order valence-electron chi connectivity index (χ2n) is 3.20. The summed E-state index contributed by atoms with van der Waals surface area (Å²) in [6.07, 6.45) is 3.61. The van der Waals surface area contributed by atoms with Gasteiger partial charge >= 0.3 is 0 Å². The Bertz CT molecular complexity index is 443. The number of aliphatic imine (C=N–C) groups is 1. The van der Waals surface area contributed by atoms with Crippen LogP contribution in [0.5, 0.6) is 0 Å². The molecule has 0 bridgehead atoms. The van der Waals surface area contributed by atoms with Gasteiger partial charge in [-0.25, -0.2) is 0 Å². The summed E-state index contributed by atoms with van der Waals surface area (Å²) in [5, 5.41) is 13.7. The van der Waals surface area contributed by atoms with Crippen LogP contribution < -0.4 is 10.6 Å². The fraction of sp³-hybridized carbons (Fsp3) is 0.364. The maximum Gasteiger partial charge on any atom is 0.204 e. The molecule has 18 heavy (non-hydrogen) atoms. The van der Waals surface area contributed by atoms with E-state index in [0.29, 0.717) is 12.5 Å². The summed E-state index contributed by atoms with van der Waals surface area (Å²) >= 11 is 5.21. The van der Waals surface area contributed by atoms with Gasteiger partial charge in [-0.3, -0.25) is 15.3 Å².